The molecule has 0 bridgehead atoms. The lowest BCUT2D eigenvalue weighted by Crippen LogP contribution is -2.11. The molecule has 1 rings (SSSR count). The summed E-state index contributed by atoms with van der Waals surface area (Å²) in [7, 11) is 1.96. The van der Waals surface area contributed by atoms with Gasteiger partial charge in [0.25, 0.3) is 0 Å². The number of rotatable bonds is 3. The lowest BCUT2D eigenvalue weighted by atomic mass is 10.0. The van der Waals surface area contributed by atoms with E-state index in [1.807, 2.05) is 11.7 Å². The summed E-state index contributed by atoms with van der Waals surface area (Å²) in [6.45, 7) is 6.45. The second-order valence-corrected chi connectivity index (χ2v) is 4.59. The predicted molar refractivity (Wildman–Crippen MR) is 59.3 cm³/mol. The monoisotopic (exact) mass is 198 g/mol. The van der Waals surface area contributed by atoms with E-state index in [9.17, 15) is 0 Å². The Balaban J connectivity index is 2.68. The molecule has 0 spiro atoms. The van der Waals surface area contributed by atoms with Gasteiger partial charge in [-0.15, -0.1) is 0 Å². The summed E-state index contributed by atoms with van der Waals surface area (Å²) >= 11 is 4.56. The average Bonchev–Trinajstić information content (AvgIpc) is 2.30. The molecule has 0 fully saturated rings. The van der Waals surface area contributed by atoms with Gasteiger partial charge in [-0.05, 0) is 24.8 Å². The van der Waals surface area contributed by atoms with Crippen LogP contribution >= 0.6 is 12.6 Å². The van der Waals surface area contributed by atoms with Crippen LogP contribution in [0.3, 0.4) is 0 Å². The Hall–Kier alpha value is -0.440. The third-order valence-electron chi connectivity index (χ3n) is 2.31. The topological polar surface area (TPSA) is 17.8 Å². The Bertz CT molecular complexity index is 278. The van der Waals surface area contributed by atoms with E-state index in [1.54, 1.807) is 0 Å². The van der Waals surface area contributed by atoms with Gasteiger partial charge in [0.15, 0.2) is 0 Å². The van der Waals surface area contributed by atoms with Crippen LogP contribution in [0.1, 0.15) is 25.1 Å². The molecule has 3 heteroatoms. The summed E-state index contributed by atoms with van der Waals surface area (Å²) in [6, 6.07) is 0. The maximum atomic E-state index is 4.56. The van der Waals surface area contributed by atoms with E-state index in [1.165, 1.54) is 5.56 Å². The molecule has 13 heavy (non-hydrogen) atoms. The molecule has 74 valence electrons. The molecule has 0 radical (unpaired) electrons. The Morgan fingerprint density at radius 1 is 1.54 bits per heavy atom. The van der Waals surface area contributed by atoms with Crippen LogP contribution in [0.5, 0.6) is 0 Å². The van der Waals surface area contributed by atoms with Crippen LogP contribution in [0, 0.1) is 12.8 Å². The summed E-state index contributed by atoms with van der Waals surface area (Å²) in [4.78, 5) is 0. The number of aryl methyl sites for hydroxylation is 2. The smallest absolute Gasteiger partial charge is 0.0625 e. The van der Waals surface area contributed by atoms with Crippen LogP contribution in [-0.4, -0.2) is 15.0 Å². The van der Waals surface area contributed by atoms with Crippen molar-refractivity contribution in [2.45, 2.75) is 32.4 Å². The molecule has 1 unspecified atom stereocenters. The predicted octanol–water partition coefficient (Wildman–Crippen LogP) is 2.23. The zero-order valence-electron chi connectivity index (χ0n) is 8.78. The molecular formula is C10H18N2S. The van der Waals surface area contributed by atoms with Crippen LogP contribution in [0.25, 0.3) is 0 Å². The molecule has 0 saturated heterocycles. The zero-order chi connectivity index (χ0) is 10.0. The Labute approximate surface area is 85.7 Å². The van der Waals surface area contributed by atoms with Gasteiger partial charge in [-0.2, -0.15) is 17.7 Å². The maximum Gasteiger partial charge on any atom is 0.0625 e. The SMILES string of the molecule is Cc1nn(C)cc1CC(S)C(C)C. The standard InChI is InChI=1S/C10H18N2S/c1-7(2)10(13)5-9-6-12(4)11-8(9)3/h6-7,10,13H,5H2,1-4H3. The van der Waals surface area contributed by atoms with E-state index in [0.717, 1.165) is 12.1 Å². The van der Waals surface area contributed by atoms with Crippen molar-refractivity contribution >= 4 is 12.6 Å². The summed E-state index contributed by atoms with van der Waals surface area (Å²) in [5, 5.41) is 4.74. The zero-order valence-corrected chi connectivity index (χ0v) is 9.68. The highest BCUT2D eigenvalue weighted by molar-refractivity contribution is 7.81. The van der Waals surface area contributed by atoms with Gasteiger partial charge >= 0.3 is 0 Å². The molecule has 0 N–H and O–H groups in total. The van der Waals surface area contributed by atoms with Crippen molar-refractivity contribution in [3.05, 3.63) is 17.5 Å². The second kappa shape index (κ2) is 4.18. The Morgan fingerprint density at radius 3 is 2.54 bits per heavy atom. The molecule has 1 atom stereocenters. The summed E-state index contributed by atoms with van der Waals surface area (Å²) in [5.74, 6) is 0.614. The van der Waals surface area contributed by atoms with Crippen molar-refractivity contribution in [2.75, 3.05) is 0 Å². The first-order chi connectivity index (χ1) is 6.00. The van der Waals surface area contributed by atoms with Gasteiger partial charge in [0, 0.05) is 18.5 Å². The van der Waals surface area contributed by atoms with E-state index in [-0.39, 0.29) is 0 Å². The van der Waals surface area contributed by atoms with Crippen molar-refractivity contribution in [3.63, 3.8) is 0 Å². The number of nitrogens with zero attached hydrogens (tertiary/aromatic N) is 2. The summed E-state index contributed by atoms with van der Waals surface area (Å²) in [6.07, 6.45) is 3.10. The molecule has 0 aliphatic carbocycles. The molecule has 1 aromatic heterocycles. The fourth-order valence-electron chi connectivity index (χ4n) is 1.31. The van der Waals surface area contributed by atoms with E-state index < -0.39 is 0 Å². The second-order valence-electron chi connectivity index (χ2n) is 3.93. The summed E-state index contributed by atoms with van der Waals surface area (Å²) < 4.78 is 1.87. The minimum Gasteiger partial charge on any atom is -0.275 e. The van der Waals surface area contributed by atoms with Crippen molar-refractivity contribution < 1.29 is 0 Å². The van der Waals surface area contributed by atoms with Gasteiger partial charge in [-0.3, -0.25) is 4.68 Å². The molecule has 1 heterocycles. The third-order valence-corrected chi connectivity index (χ3v) is 3.09. The first-order valence-electron chi connectivity index (χ1n) is 4.68. The maximum absolute atomic E-state index is 4.56. The molecule has 0 amide bonds. The van der Waals surface area contributed by atoms with Gasteiger partial charge in [0.05, 0.1) is 5.69 Å². The normalized spacial score (nSPS) is 13.7. The van der Waals surface area contributed by atoms with Gasteiger partial charge in [-0.25, -0.2) is 0 Å². The van der Waals surface area contributed by atoms with Crippen LogP contribution in [0.15, 0.2) is 6.20 Å². The molecule has 0 saturated carbocycles. The molecule has 2 nitrogen and oxygen atoms in total. The van der Waals surface area contributed by atoms with Gasteiger partial charge in [0.2, 0.25) is 0 Å². The number of aromatic nitrogens is 2. The molecule has 1 aromatic rings. The van der Waals surface area contributed by atoms with Crippen LogP contribution in [0.4, 0.5) is 0 Å². The van der Waals surface area contributed by atoms with Crippen LogP contribution in [-0.2, 0) is 13.5 Å². The van der Waals surface area contributed by atoms with Crippen molar-refractivity contribution in [1.82, 2.24) is 9.78 Å². The van der Waals surface area contributed by atoms with E-state index in [0.29, 0.717) is 11.2 Å². The van der Waals surface area contributed by atoms with Crippen molar-refractivity contribution in [3.8, 4) is 0 Å². The molecule has 0 aliphatic rings. The van der Waals surface area contributed by atoms with Crippen LogP contribution < -0.4 is 0 Å². The minimum atomic E-state index is 0.433. The minimum absolute atomic E-state index is 0.433. The van der Waals surface area contributed by atoms with Gasteiger partial charge in [-0.1, -0.05) is 13.8 Å². The highest BCUT2D eigenvalue weighted by atomic mass is 32.1. The number of hydrogen-bond donors (Lipinski definition) is 1. The molecule has 0 aromatic carbocycles. The highest BCUT2D eigenvalue weighted by Crippen LogP contribution is 2.17. The number of thiol groups is 1. The molecular weight excluding hydrogens is 180 g/mol. The van der Waals surface area contributed by atoms with Crippen LogP contribution in [0.2, 0.25) is 0 Å². The first kappa shape index (κ1) is 10.6. The number of hydrogen-bond acceptors (Lipinski definition) is 2. The fourth-order valence-corrected chi connectivity index (χ4v) is 1.51. The lowest BCUT2D eigenvalue weighted by molar-refractivity contribution is 0.606. The highest BCUT2D eigenvalue weighted by Gasteiger charge is 2.12. The fraction of sp³-hybridized carbons (Fsp3) is 0.700. The molecule has 0 aliphatic heterocycles. The van der Waals surface area contributed by atoms with Crippen molar-refractivity contribution in [2.24, 2.45) is 13.0 Å². The van der Waals surface area contributed by atoms with E-state index in [2.05, 4.69) is 44.7 Å². The lowest BCUT2D eigenvalue weighted by Gasteiger charge is -2.13. The third kappa shape index (κ3) is 2.76. The van der Waals surface area contributed by atoms with E-state index >= 15 is 0 Å². The van der Waals surface area contributed by atoms with Crippen molar-refractivity contribution in [1.29, 1.82) is 0 Å². The summed E-state index contributed by atoms with van der Waals surface area (Å²) in [5.41, 5.74) is 2.44. The largest absolute Gasteiger partial charge is 0.275 e. The first-order valence-corrected chi connectivity index (χ1v) is 5.19. The average molecular weight is 198 g/mol. The quantitative estimate of drug-likeness (QED) is 0.737. The Morgan fingerprint density at radius 2 is 2.15 bits per heavy atom. The Kier molecular flexibility index (Phi) is 3.42. The van der Waals surface area contributed by atoms with E-state index in [4.69, 9.17) is 0 Å². The van der Waals surface area contributed by atoms with Gasteiger partial charge in [0.1, 0.15) is 0 Å². The van der Waals surface area contributed by atoms with Gasteiger partial charge < -0.3 is 0 Å².